The number of benzene rings is 1. The maximum absolute atomic E-state index is 13.2. The number of para-hydroxylation sites is 1. The SMILES string of the molecule is CC(NS(=O)(=O)c1ccc(-c2cc3cc(C(F)(F)F)cnc3n2-c2ccccc2)nc1)C(F)(F)F. The van der Waals surface area contributed by atoms with Crippen molar-refractivity contribution in [3.63, 3.8) is 0 Å². The standard InChI is InChI=1S/C22H16F6N4O2S/c1-13(21(23,24)25)31-35(33,34)17-7-8-18(29-12-17)19-10-14-9-15(22(26,27)28)11-30-20(14)32(19)16-5-3-2-4-6-16/h2-13,31H,1H3. The first kappa shape index (κ1) is 24.7. The van der Waals surface area contributed by atoms with Gasteiger partial charge in [0.15, 0.2) is 0 Å². The molecule has 0 aliphatic rings. The van der Waals surface area contributed by atoms with Gasteiger partial charge < -0.3 is 0 Å². The first-order chi connectivity index (χ1) is 16.3. The quantitative estimate of drug-likeness (QED) is 0.365. The van der Waals surface area contributed by atoms with Gasteiger partial charge in [0.1, 0.15) is 16.6 Å². The lowest BCUT2D eigenvalue weighted by Gasteiger charge is -2.17. The van der Waals surface area contributed by atoms with Crippen molar-refractivity contribution in [3.8, 4) is 17.1 Å². The number of hydrogen-bond acceptors (Lipinski definition) is 4. The Bertz CT molecular complexity index is 1460. The summed E-state index contributed by atoms with van der Waals surface area (Å²) in [6.07, 6.45) is -7.80. The van der Waals surface area contributed by atoms with E-state index in [1.807, 2.05) is 0 Å². The van der Waals surface area contributed by atoms with Crippen LogP contribution in [0.2, 0.25) is 0 Å². The van der Waals surface area contributed by atoms with E-state index in [9.17, 15) is 34.8 Å². The van der Waals surface area contributed by atoms with Crippen molar-refractivity contribution >= 4 is 21.1 Å². The Balaban J connectivity index is 1.81. The lowest BCUT2D eigenvalue weighted by Crippen LogP contribution is -2.42. The van der Waals surface area contributed by atoms with Crippen LogP contribution in [0.15, 0.2) is 71.9 Å². The van der Waals surface area contributed by atoms with Crippen molar-refractivity contribution in [1.29, 1.82) is 0 Å². The molecule has 184 valence electrons. The average Bonchev–Trinajstić information content (AvgIpc) is 3.17. The molecule has 0 spiro atoms. The van der Waals surface area contributed by atoms with E-state index in [2.05, 4.69) is 9.97 Å². The molecule has 4 rings (SSSR count). The van der Waals surface area contributed by atoms with Gasteiger partial charge >= 0.3 is 12.4 Å². The van der Waals surface area contributed by atoms with Crippen LogP contribution in [0.3, 0.4) is 0 Å². The molecule has 4 aromatic rings. The number of fused-ring (bicyclic) bond motifs is 1. The topological polar surface area (TPSA) is 76.9 Å². The molecule has 0 aliphatic heterocycles. The Morgan fingerprint density at radius 1 is 0.914 bits per heavy atom. The summed E-state index contributed by atoms with van der Waals surface area (Å²) < 4.78 is 106. The molecular weight excluding hydrogens is 498 g/mol. The zero-order valence-corrected chi connectivity index (χ0v) is 18.6. The molecular formula is C22H16F6N4O2S. The van der Waals surface area contributed by atoms with Gasteiger partial charge in [-0.3, -0.25) is 9.55 Å². The first-order valence-corrected chi connectivity index (χ1v) is 11.5. The number of pyridine rings is 2. The highest BCUT2D eigenvalue weighted by atomic mass is 32.2. The molecule has 0 bridgehead atoms. The van der Waals surface area contributed by atoms with Gasteiger partial charge in [-0.15, -0.1) is 0 Å². The Kier molecular flexibility index (Phi) is 6.09. The molecule has 0 saturated heterocycles. The van der Waals surface area contributed by atoms with Crippen LogP contribution in [0.1, 0.15) is 12.5 Å². The summed E-state index contributed by atoms with van der Waals surface area (Å²) in [5.41, 5.74) is 0.296. The minimum atomic E-state index is -4.78. The number of rotatable bonds is 5. The van der Waals surface area contributed by atoms with Gasteiger partial charge in [-0.1, -0.05) is 18.2 Å². The maximum atomic E-state index is 13.2. The minimum Gasteiger partial charge on any atom is -0.292 e. The fraction of sp³-hybridized carbons (Fsp3) is 0.182. The Labute approximate surface area is 195 Å². The number of nitrogens with zero attached hydrogens (tertiary/aromatic N) is 3. The van der Waals surface area contributed by atoms with Gasteiger partial charge in [0, 0.05) is 23.5 Å². The first-order valence-electron chi connectivity index (χ1n) is 9.97. The molecule has 1 N–H and O–H groups in total. The molecule has 13 heteroatoms. The highest BCUT2D eigenvalue weighted by Crippen LogP contribution is 2.34. The number of sulfonamides is 1. The van der Waals surface area contributed by atoms with Crippen LogP contribution in [0, 0.1) is 0 Å². The summed E-state index contributed by atoms with van der Waals surface area (Å²) in [6, 6.07) is 10.9. The highest BCUT2D eigenvalue weighted by Gasteiger charge is 2.39. The van der Waals surface area contributed by atoms with Crippen LogP contribution in [0.25, 0.3) is 28.1 Å². The van der Waals surface area contributed by atoms with Gasteiger partial charge in [-0.25, -0.2) is 13.4 Å². The van der Waals surface area contributed by atoms with E-state index >= 15 is 0 Å². The molecule has 35 heavy (non-hydrogen) atoms. The average molecular weight is 514 g/mol. The van der Waals surface area contributed by atoms with Crippen LogP contribution in [0.5, 0.6) is 0 Å². The summed E-state index contributed by atoms with van der Waals surface area (Å²) in [7, 11) is -4.53. The fourth-order valence-corrected chi connectivity index (χ4v) is 4.51. The predicted molar refractivity (Wildman–Crippen MR) is 115 cm³/mol. The van der Waals surface area contributed by atoms with Crippen molar-refractivity contribution in [1.82, 2.24) is 19.3 Å². The number of alkyl halides is 6. The lowest BCUT2D eigenvalue weighted by molar-refractivity contribution is -0.147. The van der Waals surface area contributed by atoms with Crippen LogP contribution >= 0.6 is 0 Å². The van der Waals surface area contributed by atoms with E-state index in [-0.39, 0.29) is 16.7 Å². The van der Waals surface area contributed by atoms with Crippen molar-refractivity contribution in [3.05, 3.63) is 72.6 Å². The zero-order chi connectivity index (χ0) is 25.6. The van der Waals surface area contributed by atoms with Crippen LogP contribution in [-0.2, 0) is 16.2 Å². The van der Waals surface area contributed by atoms with E-state index in [0.29, 0.717) is 24.5 Å². The van der Waals surface area contributed by atoms with Gasteiger partial charge in [0.25, 0.3) is 0 Å². The summed E-state index contributed by atoms with van der Waals surface area (Å²) in [6.45, 7) is 0.667. The maximum Gasteiger partial charge on any atom is 0.417 e. The van der Waals surface area contributed by atoms with E-state index in [4.69, 9.17) is 0 Å². The number of hydrogen-bond donors (Lipinski definition) is 1. The summed E-state index contributed by atoms with van der Waals surface area (Å²) in [5, 5.41) is 0.165. The van der Waals surface area contributed by atoms with E-state index in [0.717, 1.165) is 18.3 Å². The lowest BCUT2D eigenvalue weighted by atomic mass is 10.2. The number of nitrogens with one attached hydrogen (secondary N) is 1. The predicted octanol–water partition coefficient (Wildman–Crippen LogP) is 5.34. The third kappa shape index (κ3) is 5.00. The van der Waals surface area contributed by atoms with E-state index in [1.165, 1.54) is 16.9 Å². The molecule has 0 amide bonds. The molecule has 1 atom stereocenters. The highest BCUT2D eigenvalue weighted by molar-refractivity contribution is 7.89. The Morgan fingerprint density at radius 2 is 1.60 bits per heavy atom. The second-order valence-corrected chi connectivity index (χ2v) is 9.31. The second-order valence-electron chi connectivity index (χ2n) is 7.60. The summed E-state index contributed by atoms with van der Waals surface area (Å²) in [5.74, 6) is 0. The van der Waals surface area contributed by atoms with Crippen LogP contribution < -0.4 is 4.72 Å². The molecule has 3 heterocycles. The van der Waals surface area contributed by atoms with E-state index in [1.54, 1.807) is 34.9 Å². The largest absolute Gasteiger partial charge is 0.417 e. The van der Waals surface area contributed by atoms with Gasteiger partial charge in [-0.05, 0) is 43.3 Å². The normalized spacial score (nSPS) is 13.8. The molecule has 3 aromatic heterocycles. The molecule has 0 saturated carbocycles. The molecule has 0 radical (unpaired) electrons. The molecule has 0 fully saturated rings. The Morgan fingerprint density at radius 3 is 2.17 bits per heavy atom. The van der Waals surface area contributed by atoms with Crippen molar-refractivity contribution in [2.24, 2.45) is 0 Å². The number of aromatic nitrogens is 3. The molecule has 0 aliphatic carbocycles. The van der Waals surface area contributed by atoms with Gasteiger partial charge in [-0.2, -0.15) is 31.1 Å². The van der Waals surface area contributed by atoms with Crippen molar-refractivity contribution in [2.75, 3.05) is 0 Å². The monoisotopic (exact) mass is 514 g/mol. The second kappa shape index (κ2) is 8.64. The third-order valence-corrected chi connectivity index (χ3v) is 6.64. The van der Waals surface area contributed by atoms with Crippen LogP contribution in [-0.4, -0.2) is 35.2 Å². The molecule has 1 aromatic carbocycles. The van der Waals surface area contributed by atoms with E-state index < -0.39 is 38.9 Å². The smallest absolute Gasteiger partial charge is 0.292 e. The molecule has 6 nitrogen and oxygen atoms in total. The molecule has 1 unspecified atom stereocenters. The van der Waals surface area contributed by atoms with Crippen molar-refractivity contribution in [2.45, 2.75) is 30.2 Å². The third-order valence-electron chi connectivity index (χ3n) is 5.11. The van der Waals surface area contributed by atoms with Gasteiger partial charge in [0.05, 0.1) is 17.0 Å². The fourth-order valence-electron chi connectivity index (χ4n) is 3.33. The number of halogens is 6. The summed E-state index contributed by atoms with van der Waals surface area (Å²) >= 11 is 0. The van der Waals surface area contributed by atoms with Crippen LogP contribution in [0.4, 0.5) is 26.3 Å². The zero-order valence-electron chi connectivity index (χ0n) is 17.8. The Hall–Kier alpha value is -3.45. The minimum absolute atomic E-state index is 0.165. The summed E-state index contributed by atoms with van der Waals surface area (Å²) in [4.78, 5) is 7.55. The van der Waals surface area contributed by atoms with Crippen molar-refractivity contribution < 1.29 is 34.8 Å². The van der Waals surface area contributed by atoms with Gasteiger partial charge in [0.2, 0.25) is 10.0 Å².